The summed E-state index contributed by atoms with van der Waals surface area (Å²) in [5, 5.41) is 0. The molecule has 0 spiro atoms. The van der Waals surface area contributed by atoms with Crippen molar-refractivity contribution in [1.82, 2.24) is 0 Å². The third kappa shape index (κ3) is 1.72. The van der Waals surface area contributed by atoms with Gasteiger partial charge in [0.1, 0.15) is 5.75 Å². The Morgan fingerprint density at radius 3 is 2.65 bits per heavy atom. The molecule has 0 saturated carbocycles. The van der Waals surface area contributed by atoms with Crippen molar-refractivity contribution < 1.29 is 9.53 Å². The Kier molecular flexibility index (Phi) is 2.22. The van der Waals surface area contributed by atoms with Gasteiger partial charge in [0.15, 0.2) is 0 Å². The third-order valence-electron chi connectivity index (χ3n) is 3.05. The zero-order valence-electron chi connectivity index (χ0n) is 9.57. The fourth-order valence-electron chi connectivity index (χ4n) is 2.20. The van der Waals surface area contributed by atoms with Crippen molar-refractivity contribution >= 4 is 5.97 Å². The lowest BCUT2D eigenvalue weighted by Crippen LogP contribution is -2.00. The van der Waals surface area contributed by atoms with Crippen LogP contribution in [0, 0.1) is 6.92 Å². The summed E-state index contributed by atoms with van der Waals surface area (Å²) >= 11 is 0. The molecule has 2 heteroatoms. The molecular weight excluding hydrogens is 212 g/mol. The topological polar surface area (TPSA) is 26.3 Å². The Morgan fingerprint density at radius 1 is 1.12 bits per heavy atom. The Hall–Kier alpha value is -2.09. The molecule has 0 saturated heterocycles. The molecule has 1 aliphatic rings. The molecule has 1 aliphatic heterocycles. The van der Waals surface area contributed by atoms with Gasteiger partial charge in [-0.15, -0.1) is 0 Å². The van der Waals surface area contributed by atoms with Crippen LogP contribution in [-0.2, 0) is 11.2 Å². The van der Waals surface area contributed by atoms with Crippen LogP contribution in [0.1, 0.15) is 11.1 Å². The van der Waals surface area contributed by atoms with E-state index in [1.165, 1.54) is 11.1 Å². The third-order valence-corrected chi connectivity index (χ3v) is 3.05. The van der Waals surface area contributed by atoms with E-state index in [0.717, 1.165) is 11.1 Å². The zero-order chi connectivity index (χ0) is 11.8. The quantitative estimate of drug-likeness (QED) is 0.549. The first-order valence-electron chi connectivity index (χ1n) is 5.63. The molecule has 0 amide bonds. The highest BCUT2D eigenvalue weighted by Crippen LogP contribution is 2.33. The molecule has 0 radical (unpaired) electrons. The molecule has 3 rings (SSSR count). The number of esters is 1. The van der Waals surface area contributed by atoms with Crippen molar-refractivity contribution in [3.63, 3.8) is 0 Å². The molecule has 0 atom stereocenters. The lowest BCUT2D eigenvalue weighted by Gasteiger charge is -2.08. The summed E-state index contributed by atoms with van der Waals surface area (Å²) < 4.78 is 5.14. The average molecular weight is 224 g/mol. The van der Waals surface area contributed by atoms with E-state index in [0.29, 0.717) is 12.2 Å². The number of ether oxygens (including phenoxy) is 1. The van der Waals surface area contributed by atoms with Gasteiger partial charge in [-0.25, -0.2) is 0 Å². The summed E-state index contributed by atoms with van der Waals surface area (Å²) in [6.45, 7) is 2.04. The number of hydrogen-bond donors (Lipinski definition) is 0. The largest absolute Gasteiger partial charge is 0.426 e. The number of carbonyl (C=O) groups is 1. The second kappa shape index (κ2) is 3.74. The number of aryl methyl sites for hydroxylation is 1. The second-order valence-corrected chi connectivity index (χ2v) is 4.29. The van der Waals surface area contributed by atoms with Crippen molar-refractivity contribution in [2.45, 2.75) is 13.3 Å². The molecule has 1 heterocycles. The summed E-state index contributed by atoms with van der Waals surface area (Å²) in [6, 6.07) is 14.2. The van der Waals surface area contributed by atoms with Crippen molar-refractivity contribution in [2.75, 3.05) is 0 Å². The highest BCUT2D eigenvalue weighted by Gasteiger charge is 2.21. The predicted molar refractivity (Wildman–Crippen MR) is 66.0 cm³/mol. The molecule has 2 nitrogen and oxygen atoms in total. The van der Waals surface area contributed by atoms with Gasteiger partial charge in [-0.1, -0.05) is 30.3 Å². The molecule has 2 aromatic rings. The van der Waals surface area contributed by atoms with Crippen molar-refractivity contribution in [3.05, 3.63) is 53.6 Å². The van der Waals surface area contributed by atoms with Gasteiger partial charge in [-0.2, -0.15) is 0 Å². The minimum atomic E-state index is -0.162. The van der Waals surface area contributed by atoms with E-state index in [1.807, 2.05) is 31.2 Å². The van der Waals surface area contributed by atoms with Gasteiger partial charge in [-0.05, 0) is 35.7 Å². The molecular formula is C15H12O2. The molecule has 84 valence electrons. The molecule has 0 fully saturated rings. The normalized spacial score (nSPS) is 13.4. The highest BCUT2D eigenvalue weighted by atomic mass is 16.5. The smallest absolute Gasteiger partial charge is 0.315 e. The second-order valence-electron chi connectivity index (χ2n) is 4.29. The number of rotatable bonds is 1. The SMILES string of the molecule is Cc1cc2c(cc1-c1ccccc1)CC(=O)O2. The fourth-order valence-corrected chi connectivity index (χ4v) is 2.20. The van der Waals surface area contributed by atoms with Gasteiger partial charge in [0, 0.05) is 5.56 Å². The molecule has 2 aromatic carbocycles. The first-order valence-corrected chi connectivity index (χ1v) is 5.63. The van der Waals surface area contributed by atoms with E-state index in [4.69, 9.17) is 4.74 Å². The van der Waals surface area contributed by atoms with Crippen molar-refractivity contribution in [2.24, 2.45) is 0 Å². The van der Waals surface area contributed by atoms with Crippen molar-refractivity contribution in [1.29, 1.82) is 0 Å². The Balaban J connectivity index is 2.14. The van der Waals surface area contributed by atoms with Crippen LogP contribution in [0.2, 0.25) is 0 Å². The highest BCUT2D eigenvalue weighted by molar-refractivity contribution is 5.83. The lowest BCUT2D eigenvalue weighted by molar-refractivity contribution is -0.131. The number of fused-ring (bicyclic) bond motifs is 1. The minimum Gasteiger partial charge on any atom is -0.426 e. The van der Waals surface area contributed by atoms with Gasteiger partial charge in [0.25, 0.3) is 0 Å². The Labute approximate surface area is 99.9 Å². The maximum absolute atomic E-state index is 11.2. The first-order chi connectivity index (χ1) is 8.24. The molecule has 0 unspecified atom stereocenters. The Bertz CT molecular complexity index is 585. The van der Waals surface area contributed by atoms with E-state index in [-0.39, 0.29) is 5.97 Å². The van der Waals surface area contributed by atoms with Crippen LogP contribution in [0.15, 0.2) is 42.5 Å². The van der Waals surface area contributed by atoms with E-state index in [9.17, 15) is 4.79 Å². The fraction of sp³-hybridized carbons (Fsp3) is 0.133. The van der Waals surface area contributed by atoms with E-state index in [2.05, 4.69) is 18.2 Å². The molecule has 0 aliphatic carbocycles. The number of hydrogen-bond acceptors (Lipinski definition) is 2. The molecule has 0 bridgehead atoms. The molecule has 17 heavy (non-hydrogen) atoms. The van der Waals surface area contributed by atoms with E-state index >= 15 is 0 Å². The molecule has 0 N–H and O–H groups in total. The maximum atomic E-state index is 11.2. The van der Waals surface area contributed by atoms with Gasteiger partial charge < -0.3 is 4.74 Å². The van der Waals surface area contributed by atoms with E-state index in [1.54, 1.807) is 0 Å². The zero-order valence-corrected chi connectivity index (χ0v) is 9.57. The van der Waals surface area contributed by atoms with Gasteiger partial charge in [0.2, 0.25) is 0 Å². The average Bonchev–Trinajstić information content (AvgIpc) is 2.68. The van der Waals surface area contributed by atoms with Crippen LogP contribution in [0.4, 0.5) is 0 Å². The van der Waals surface area contributed by atoms with Crippen LogP contribution >= 0.6 is 0 Å². The number of benzene rings is 2. The van der Waals surface area contributed by atoms with E-state index < -0.39 is 0 Å². The van der Waals surface area contributed by atoms with Crippen LogP contribution < -0.4 is 4.74 Å². The summed E-state index contributed by atoms with van der Waals surface area (Å²) in [6.07, 6.45) is 0.384. The Morgan fingerprint density at radius 2 is 1.88 bits per heavy atom. The summed E-state index contributed by atoms with van der Waals surface area (Å²) in [5.41, 5.74) is 4.46. The standard InChI is InChI=1S/C15H12O2/c1-10-7-14-12(9-15(16)17-14)8-13(10)11-5-3-2-4-6-11/h2-8H,9H2,1H3. The summed E-state index contributed by atoms with van der Waals surface area (Å²) in [5.74, 6) is 0.553. The van der Waals surface area contributed by atoms with Gasteiger partial charge in [-0.3, -0.25) is 4.79 Å². The molecule has 0 aromatic heterocycles. The summed E-state index contributed by atoms with van der Waals surface area (Å²) in [4.78, 5) is 11.2. The lowest BCUT2D eigenvalue weighted by atomic mass is 9.97. The number of carbonyl (C=O) groups excluding carboxylic acids is 1. The monoisotopic (exact) mass is 224 g/mol. The van der Waals surface area contributed by atoms with Gasteiger partial charge in [0.05, 0.1) is 6.42 Å². The minimum absolute atomic E-state index is 0.162. The van der Waals surface area contributed by atoms with Crippen LogP contribution in [0.5, 0.6) is 5.75 Å². The first kappa shape index (κ1) is 10.1. The van der Waals surface area contributed by atoms with Crippen LogP contribution in [0.3, 0.4) is 0 Å². The van der Waals surface area contributed by atoms with Gasteiger partial charge >= 0.3 is 5.97 Å². The van der Waals surface area contributed by atoms with Crippen LogP contribution in [0.25, 0.3) is 11.1 Å². The van der Waals surface area contributed by atoms with Crippen LogP contribution in [-0.4, -0.2) is 5.97 Å². The summed E-state index contributed by atoms with van der Waals surface area (Å²) in [7, 11) is 0. The maximum Gasteiger partial charge on any atom is 0.315 e. The predicted octanol–water partition coefficient (Wildman–Crippen LogP) is 3.12. The van der Waals surface area contributed by atoms with Crippen molar-refractivity contribution in [3.8, 4) is 16.9 Å².